The molecule has 0 radical (unpaired) electrons. The van der Waals surface area contributed by atoms with Crippen LogP contribution in [0.3, 0.4) is 0 Å². The van der Waals surface area contributed by atoms with Crippen LogP contribution in [0.4, 0.5) is 13.2 Å². The Morgan fingerprint density at radius 2 is 1.84 bits per heavy atom. The van der Waals surface area contributed by atoms with E-state index in [1.165, 1.54) is 12.1 Å². The normalized spacial score (nSPS) is 26.2. The van der Waals surface area contributed by atoms with Gasteiger partial charge in [0.2, 0.25) is 5.82 Å². The monoisotopic (exact) mass is 443 g/mol. The van der Waals surface area contributed by atoms with Crippen molar-refractivity contribution < 1.29 is 23.1 Å². The number of halogens is 3. The zero-order valence-electron chi connectivity index (χ0n) is 17.4. The van der Waals surface area contributed by atoms with E-state index in [0.29, 0.717) is 13.0 Å². The Bertz CT molecular complexity index is 1140. The number of imidazole rings is 1. The largest absolute Gasteiger partial charge is 0.449 e. The van der Waals surface area contributed by atoms with E-state index in [9.17, 15) is 23.1 Å². The predicted octanol–water partition coefficient (Wildman–Crippen LogP) is 4.87. The van der Waals surface area contributed by atoms with Crippen LogP contribution in [0.1, 0.15) is 53.8 Å². The predicted molar refractivity (Wildman–Crippen MR) is 113 cm³/mol. The van der Waals surface area contributed by atoms with Gasteiger partial charge >= 0.3 is 6.18 Å². The number of benzene rings is 2. The molecule has 8 heteroatoms. The number of likely N-dealkylation sites (tertiary alicyclic amines) is 1. The van der Waals surface area contributed by atoms with Gasteiger partial charge in [0.15, 0.2) is 0 Å². The number of nitrogens with one attached hydrogen (secondary N) is 1. The Morgan fingerprint density at radius 1 is 1.09 bits per heavy atom. The van der Waals surface area contributed by atoms with Crippen LogP contribution in [0.5, 0.6) is 0 Å². The molecule has 3 atom stereocenters. The molecule has 0 spiro atoms. The molecule has 2 aliphatic rings. The molecule has 32 heavy (non-hydrogen) atoms. The van der Waals surface area contributed by atoms with Gasteiger partial charge in [-0.25, -0.2) is 4.98 Å². The van der Waals surface area contributed by atoms with Crippen molar-refractivity contribution in [3.8, 4) is 0 Å². The Kier molecular flexibility index (Phi) is 5.00. The number of aromatic amines is 1. The standard InChI is InChI=1S/C24H24F3N3O2/c25-24(26,27)22-28-18-11-6-9-16(20(18)29-22)21(31)30-14-13-23(32,15-7-2-1-3-8-15)17-10-4-5-12-19(17)30/h1-3,6-9,11,17,19,32H,4-5,10,12-14H2,(H,28,29). The van der Waals surface area contributed by atoms with E-state index in [1.54, 1.807) is 11.0 Å². The fraction of sp³-hybridized carbons (Fsp3) is 0.417. The second kappa shape index (κ2) is 7.62. The lowest BCUT2D eigenvalue weighted by Gasteiger charge is -2.52. The maximum absolute atomic E-state index is 13.6. The molecule has 1 aromatic heterocycles. The molecule has 168 valence electrons. The van der Waals surface area contributed by atoms with Gasteiger partial charge in [-0.05, 0) is 37.0 Å². The Labute approximate surface area is 183 Å². The average molecular weight is 443 g/mol. The third-order valence-corrected chi connectivity index (χ3v) is 7.02. The minimum atomic E-state index is -4.62. The van der Waals surface area contributed by atoms with E-state index in [1.807, 2.05) is 30.3 Å². The van der Waals surface area contributed by atoms with Gasteiger partial charge in [-0.1, -0.05) is 49.2 Å². The fourth-order valence-electron chi connectivity index (χ4n) is 5.51. The minimum Gasteiger partial charge on any atom is -0.385 e. The van der Waals surface area contributed by atoms with Gasteiger partial charge in [0.1, 0.15) is 5.52 Å². The molecule has 2 aromatic carbocycles. The van der Waals surface area contributed by atoms with E-state index >= 15 is 0 Å². The van der Waals surface area contributed by atoms with Crippen molar-refractivity contribution in [3.05, 3.63) is 65.5 Å². The number of piperidine rings is 1. The first-order valence-corrected chi connectivity index (χ1v) is 10.9. The van der Waals surface area contributed by atoms with Crippen molar-refractivity contribution in [2.24, 2.45) is 5.92 Å². The van der Waals surface area contributed by atoms with Gasteiger partial charge in [0, 0.05) is 18.5 Å². The van der Waals surface area contributed by atoms with Crippen molar-refractivity contribution in [3.63, 3.8) is 0 Å². The average Bonchev–Trinajstić information content (AvgIpc) is 3.25. The summed E-state index contributed by atoms with van der Waals surface area (Å²) in [5.74, 6) is -1.57. The molecule has 1 saturated heterocycles. The summed E-state index contributed by atoms with van der Waals surface area (Å²) in [6.07, 6.45) is -0.761. The molecular weight excluding hydrogens is 419 g/mol. The fourth-order valence-corrected chi connectivity index (χ4v) is 5.51. The molecule has 3 aromatic rings. The van der Waals surface area contributed by atoms with Gasteiger partial charge in [-0.2, -0.15) is 13.2 Å². The van der Waals surface area contributed by atoms with E-state index in [-0.39, 0.29) is 34.5 Å². The lowest BCUT2D eigenvalue weighted by Crippen LogP contribution is -2.59. The van der Waals surface area contributed by atoms with Gasteiger partial charge in [-0.15, -0.1) is 0 Å². The lowest BCUT2D eigenvalue weighted by molar-refractivity contribution is -0.144. The zero-order valence-corrected chi connectivity index (χ0v) is 17.4. The Morgan fingerprint density at radius 3 is 2.59 bits per heavy atom. The first-order valence-electron chi connectivity index (χ1n) is 10.9. The van der Waals surface area contributed by atoms with Crippen molar-refractivity contribution in [2.45, 2.75) is 49.9 Å². The van der Waals surface area contributed by atoms with E-state index < -0.39 is 17.6 Å². The quantitative estimate of drug-likeness (QED) is 0.594. The third-order valence-electron chi connectivity index (χ3n) is 7.02. The van der Waals surface area contributed by atoms with Gasteiger partial charge in [0.05, 0.1) is 16.7 Å². The molecule has 1 aliphatic carbocycles. The molecule has 2 N–H and O–H groups in total. The van der Waals surface area contributed by atoms with Crippen LogP contribution in [0.2, 0.25) is 0 Å². The van der Waals surface area contributed by atoms with Crippen LogP contribution >= 0.6 is 0 Å². The smallest absolute Gasteiger partial charge is 0.385 e. The molecule has 2 heterocycles. The second-order valence-electron chi connectivity index (χ2n) is 8.78. The highest BCUT2D eigenvalue weighted by molar-refractivity contribution is 6.05. The number of H-pyrrole nitrogens is 1. The molecule has 0 bridgehead atoms. The van der Waals surface area contributed by atoms with Crippen molar-refractivity contribution >= 4 is 16.9 Å². The third kappa shape index (κ3) is 3.37. The van der Waals surface area contributed by atoms with E-state index in [4.69, 9.17) is 0 Å². The molecular formula is C24H24F3N3O2. The number of hydrogen-bond donors (Lipinski definition) is 2. The van der Waals surface area contributed by atoms with Crippen LogP contribution in [-0.2, 0) is 11.8 Å². The summed E-state index contributed by atoms with van der Waals surface area (Å²) in [6.45, 7) is 0.332. The van der Waals surface area contributed by atoms with E-state index in [0.717, 1.165) is 31.2 Å². The molecule has 5 rings (SSSR count). The first-order chi connectivity index (χ1) is 15.3. The van der Waals surface area contributed by atoms with Crippen LogP contribution in [-0.4, -0.2) is 38.5 Å². The number of carbonyl (C=O) groups is 1. The summed E-state index contributed by atoms with van der Waals surface area (Å²) in [5, 5.41) is 11.7. The van der Waals surface area contributed by atoms with Gasteiger partial charge < -0.3 is 15.0 Å². The maximum Gasteiger partial charge on any atom is 0.449 e. The summed E-state index contributed by atoms with van der Waals surface area (Å²) >= 11 is 0. The zero-order chi connectivity index (χ0) is 22.5. The molecule has 2 fully saturated rings. The summed E-state index contributed by atoms with van der Waals surface area (Å²) in [6, 6.07) is 14.0. The number of alkyl halides is 3. The summed E-state index contributed by atoms with van der Waals surface area (Å²) in [4.78, 5) is 21.3. The van der Waals surface area contributed by atoms with Crippen LogP contribution in [0.25, 0.3) is 11.0 Å². The first kappa shape index (κ1) is 21.0. The summed E-state index contributed by atoms with van der Waals surface area (Å²) in [7, 11) is 0. The van der Waals surface area contributed by atoms with Crippen LogP contribution in [0.15, 0.2) is 48.5 Å². The van der Waals surface area contributed by atoms with Crippen LogP contribution < -0.4 is 0 Å². The molecule has 3 unspecified atom stereocenters. The number of aromatic nitrogens is 2. The lowest BCUT2D eigenvalue weighted by atomic mass is 9.66. The highest BCUT2D eigenvalue weighted by Gasteiger charge is 2.50. The number of para-hydroxylation sites is 1. The van der Waals surface area contributed by atoms with Gasteiger partial charge in [0.25, 0.3) is 5.91 Å². The van der Waals surface area contributed by atoms with Crippen LogP contribution in [0, 0.1) is 5.92 Å². The number of amides is 1. The van der Waals surface area contributed by atoms with Crippen molar-refractivity contribution in [1.82, 2.24) is 14.9 Å². The van der Waals surface area contributed by atoms with Crippen molar-refractivity contribution in [2.75, 3.05) is 6.54 Å². The Balaban J connectivity index is 1.51. The second-order valence-corrected chi connectivity index (χ2v) is 8.78. The number of carbonyl (C=O) groups excluding carboxylic acids is 1. The van der Waals surface area contributed by atoms with Crippen molar-refractivity contribution in [1.29, 1.82) is 0 Å². The molecule has 1 saturated carbocycles. The van der Waals surface area contributed by atoms with E-state index in [2.05, 4.69) is 9.97 Å². The molecule has 1 aliphatic heterocycles. The number of aliphatic hydroxyl groups is 1. The topological polar surface area (TPSA) is 69.2 Å². The molecule has 5 nitrogen and oxygen atoms in total. The number of rotatable bonds is 2. The van der Waals surface area contributed by atoms with Gasteiger partial charge in [-0.3, -0.25) is 4.79 Å². The number of fused-ring (bicyclic) bond motifs is 2. The highest BCUT2D eigenvalue weighted by Crippen LogP contribution is 2.47. The Hall–Kier alpha value is -2.87. The summed E-state index contributed by atoms with van der Waals surface area (Å²) < 4.78 is 39.5. The highest BCUT2D eigenvalue weighted by atomic mass is 19.4. The minimum absolute atomic E-state index is 0.0288. The number of hydrogen-bond acceptors (Lipinski definition) is 3. The SMILES string of the molecule is O=C(c1cccc2[nH]c(C(F)(F)F)nc12)N1CCC(O)(c2ccccc2)C2CCCCC21. The maximum atomic E-state index is 13.6. The summed E-state index contributed by atoms with van der Waals surface area (Å²) in [5.41, 5.74) is 0.199. The molecule has 1 amide bonds. The number of nitrogens with zero attached hydrogens (tertiary/aromatic N) is 2.